The largest absolute Gasteiger partial charge is 0.454 e. The third-order valence-electron chi connectivity index (χ3n) is 4.58. The predicted octanol–water partition coefficient (Wildman–Crippen LogP) is 1.29. The molecule has 0 saturated carbocycles. The summed E-state index contributed by atoms with van der Waals surface area (Å²) in [7, 11) is 0. The third-order valence-corrected chi connectivity index (χ3v) is 5.44. The van der Waals surface area contributed by atoms with Crippen LogP contribution in [0.5, 0.6) is 0 Å². The van der Waals surface area contributed by atoms with Crippen LogP contribution in [0.25, 0.3) is 10.7 Å². The van der Waals surface area contributed by atoms with E-state index in [4.69, 9.17) is 4.74 Å². The summed E-state index contributed by atoms with van der Waals surface area (Å²) < 4.78 is 5.10. The number of piperazine rings is 1. The van der Waals surface area contributed by atoms with E-state index in [1.165, 1.54) is 16.1 Å². The van der Waals surface area contributed by atoms with Crippen molar-refractivity contribution in [2.75, 3.05) is 37.7 Å². The first-order valence-electron chi connectivity index (χ1n) is 9.24. The zero-order valence-electron chi connectivity index (χ0n) is 15.7. The lowest BCUT2D eigenvalue weighted by atomic mass is 10.2. The van der Waals surface area contributed by atoms with Crippen molar-refractivity contribution >= 4 is 28.9 Å². The van der Waals surface area contributed by atoms with E-state index in [1.54, 1.807) is 4.90 Å². The van der Waals surface area contributed by atoms with E-state index < -0.39 is 5.97 Å². The molecule has 0 N–H and O–H groups in total. The van der Waals surface area contributed by atoms with E-state index in [-0.39, 0.29) is 19.1 Å². The Morgan fingerprint density at radius 1 is 1.03 bits per heavy atom. The van der Waals surface area contributed by atoms with Gasteiger partial charge in [0, 0.05) is 31.9 Å². The zero-order chi connectivity index (χ0) is 20.1. The van der Waals surface area contributed by atoms with Crippen molar-refractivity contribution in [1.82, 2.24) is 25.1 Å². The number of benzene rings is 1. The number of esters is 1. The smallest absolute Gasteiger partial charge is 0.330 e. The predicted molar refractivity (Wildman–Crippen MR) is 107 cm³/mol. The fourth-order valence-electron chi connectivity index (χ4n) is 3.06. The first-order valence-corrected chi connectivity index (χ1v) is 10.1. The molecule has 3 heterocycles. The van der Waals surface area contributed by atoms with Crippen molar-refractivity contribution in [1.29, 1.82) is 0 Å². The van der Waals surface area contributed by atoms with Gasteiger partial charge in [0.2, 0.25) is 5.82 Å². The maximum Gasteiger partial charge on any atom is 0.330 e. The summed E-state index contributed by atoms with van der Waals surface area (Å²) in [6.07, 6.45) is 0. The number of aromatic nitrogens is 4. The Bertz CT molecular complexity index is 952. The van der Waals surface area contributed by atoms with Crippen LogP contribution < -0.4 is 4.90 Å². The second-order valence-corrected chi connectivity index (χ2v) is 7.43. The second kappa shape index (κ2) is 8.82. The monoisotopic (exact) mass is 412 g/mol. The average Bonchev–Trinajstić information content (AvgIpc) is 3.45. The summed E-state index contributed by atoms with van der Waals surface area (Å²) >= 11 is 1.49. The van der Waals surface area contributed by atoms with Gasteiger partial charge in [-0.1, -0.05) is 24.3 Å². The second-order valence-electron chi connectivity index (χ2n) is 6.48. The molecule has 1 aliphatic rings. The molecule has 4 rings (SSSR count). The number of para-hydroxylation sites is 1. The fraction of sp³-hybridized carbons (Fsp3) is 0.316. The number of ether oxygens (including phenoxy) is 1. The quantitative estimate of drug-likeness (QED) is 0.563. The number of anilines is 1. The van der Waals surface area contributed by atoms with Crippen molar-refractivity contribution in [3.05, 3.63) is 47.8 Å². The van der Waals surface area contributed by atoms with Gasteiger partial charge in [-0.15, -0.1) is 21.5 Å². The highest BCUT2D eigenvalue weighted by atomic mass is 32.1. The molecule has 10 heteroatoms. The maximum absolute atomic E-state index is 12.3. The van der Waals surface area contributed by atoms with Gasteiger partial charge in [-0.05, 0) is 28.8 Å². The Balaban J connectivity index is 1.21. The van der Waals surface area contributed by atoms with Crippen LogP contribution in [0.2, 0.25) is 0 Å². The van der Waals surface area contributed by atoms with Gasteiger partial charge in [0.15, 0.2) is 13.2 Å². The molecular formula is C19H20N6O3S. The fourth-order valence-corrected chi connectivity index (χ4v) is 3.71. The minimum Gasteiger partial charge on any atom is -0.454 e. The van der Waals surface area contributed by atoms with Crippen molar-refractivity contribution in [2.24, 2.45) is 0 Å². The highest BCUT2D eigenvalue weighted by Crippen LogP contribution is 2.19. The van der Waals surface area contributed by atoms with Crippen molar-refractivity contribution < 1.29 is 14.3 Å². The normalized spacial score (nSPS) is 14.1. The highest BCUT2D eigenvalue weighted by Gasteiger charge is 2.22. The lowest BCUT2D eigenvalue weighted by Gasteiger charge is -2.36. The molecule has 1 aromatic carbocycles. The molecule has 0 unspecified atom stereocenters. The lowest BCUT2D eigenvalue weighted by Crippen LogP contribution is -2.50. The molecular weight excluding hydrogens is 392 g/mol. The number of carbonyl (C=O) groups is 2. The molecule has 0 atom stereocenters. The average molecular weight is 412 g/mol. The number of thiophene rings is 1. The van der Waals surface area contributed by atoms with Gasteiger partial charge in [0.25, 0.3) is 5.91 Å². The van der Waals surface area contributed by atoms with Crippen LogP contribution in [0.4, 0.5) is 5.69 Å². The molecule has 0 bridgehead atoms. The summed E-state index contributed by atoms with van der Waals surface area (Å²) in [5.41, 5.74) is 1.15. The Hall–Kier alpha value is -3.27. The van der Waals surface area contributed by atoms with Crippen LogP contribution in [0.3, 0.4) is 0 Å². The zero-order valence-corrected chi connectivity index (χ0v) is 16.5. The molecule has 0 aliphatic carbocycles. The van der Waals surface area contributed by atoms with E-state index in [2.05, 4.69) is 32.4 Å². The van der Waals surface area contributed by atoms with E-state index >= 15 is 0 Å². The third kappa shape index (κ3) is 4.77. The van der Waals surface area contributed by atoms with E-state index in [0.717, 1.165) is 23.7 Å². The number of rotatable bonds is 6. The first-order chi connectivity index (χ1) is 14.2. The molecule has 0 radical (unpaired) electrons. The summed E-state index contributed by atoms with van der Waals surface area (Å²) in [5, 5.41) is 13.8. The Morgan fingerprint density at radius 3 is 2.55 bits per heavy atom. The number of tetrazole rings is 1. The van der Waals surface area contributed by atoms with E-state index in [1.807, 2.05) is 35.7 Å². The summed E-state index contributed by atoms with van der Waals surface area (Å²) in [6.45, 7) is 2.22. The minimum absolute atomic E-state index is 0.187. The Labute approximate surface area is 171 Å². The summed E-state index contributed by atoms with van der Waals surface area (Å²) in [6, 6.07) is 13.9. The van der Waals surface area contributed by atoms with Gasteiger partial charge in [-0.3, -0.25) is 4.79 Å². The number of amides is 1. The Kier molecular flexibility index (Phi) is 5.80. The standard InChI is InChI=1S/C19H20N6O3S/c26-17(24-10-8-23(9-11-24)15-5-2-1-3-6-15)14-28-18(27)13-25-21-19(20-22-25)16-7-4-12-29-16/h1-7,12H,8-11,13-14H2. The topological polar surface area (TPSA) is 93.4 Å². The van der Waals surface area contributed by atoms with Gasteiger partial charge in [-0.25, -0.2) is 4.79 Å². The van der Waals surface area contributed by atoms with Crippen molar-refractivity contribution in [2.45, 2.75) is 6.54 Å². The van der Waals surface area contributed by atoms with Gasteiger partial charge in [0.05, 0.1) is 4.88 Å². The van der Waals surface area contributed by atoms with Crippen LogP contribution in [-0.2, 0) is 20.9 Å². The van der Waals surface area contributed by atoms with Crippen molar-refractivity contribution in [3.63, 3.8) is 0 Å². The number of hydrogen-bond acceptors (Lipinski definition) is 8. The summed E-state index contributed by atoms with van der Waals surface area (Å²) in [4.78, 5) is 30.3. The molecule has 150 valence electrons. The molecule has 1 fully saturated rings. The Morgan fingerprint density at radius 2 is 1.83 bits per heavy atom. The van der Waals surface area contributed by atoms with Crippen LogP contribution in [0, 0.1) is 0 Å². The van der Waals surface area contributed by atoms with Crippen LogP contribution in [-0.4, -0.2) is 69.8 Å². The number of hydrogen-bond donors (Lipinski definition) is 0. The first kappa shape index (κ1) is 19.1. The van der Waals surface area contributed by atoms with Crippen molar-refractivity contribution in [3.8, 4) is 10.7 Å². The number of nitrogens with zero attached hydrogens (tertiary/aromatic N) is 6. The van der Waals surface area contributed by atoms with Gasteiger partial charge < -0.3 is 14.5 Å². The van der Waals surface area contributed by atoms with E-state index in [0.29, 0.717) is 18.9 Å². The van der Waals surface area contributed by atoms with Gasteiger partial charge in [0.1, 0.15) is 0 Å². The molecule has 1 aliphatic heterocycles. The SMILES string of the molecule is O=C(Cn1nnc(-c2cccs2)n1)OCC(=O)N1CCN(c2ccccc2)CC1. The molecule has 9 nitrogen and oxygen atoms in total. The van der Waals surface area contributed by atoms with E-state index in [9.17, 15) is 9.59 Å². The number of carbonyl (C=O) groups excluding carboxylic acids is 2. The van der Waals surface area contributed by atoms with Gasteiger partial charge in [-0.2, -0.15) is 4.80 Å². The molecule has 1 saturated heterocycles. The van der Waals surface area contributed by atoms with Gasteiger partial charge >= 0.3 is 5.97 Å². The van der Waals surface area contributed by atoms with Crippen LogP contribution in [0.15, 0.2) is 47.8 Å². The minimum atomic E-state index is -0.573. The molecule has 3 aromatic rings. The maximum atomic E-state index is 12.3. The lowest BCUT2D eigenvalue weighted by molar-refractivity contribution is -0.153. The molecule has 0 spiro atoms. The van der Waals surface area contributed by atoms with Crippen LogP contribution in [0.1, 0.15) is 0 Å². The highest BCUT2D eigenvalue weighted by molar-refractivity contribution is 7.13. The molecule has 29 heavy (non-hydrogen) atoms. The van der Waals surface area contributed by atoms with Crippen LogP contribution >= 0.6 is 11.3 Å². The molecule has 2 aromatic heterocycles. The molecule has 1 amide bonds. The summed E-state index contributed by atoms with van der Waals surface area (Å²) in [5.74, 6) is -0.312.